The van der Waals surface area contributed by atoms with E-state index < -0.39 is 0 Å². The summed E-state index contributed by atoms with van der Waals surface area (Å²) < 4.78 is 5.39. The lowest BCUT2D eigenvalue weighted by Gasteiger charge is -2.36. The molecule has 0 radical (unpaired) electrons. The van der Waals surface area contributed by atoms with Crippen LogP contribution in [-0.4, -0.2) is 52.3 Å². The minimum absolute atomic E-state index is 0.144. The number of nitrogens with zero attached hydrogens (tertiary/aromatic N) is 4. The highest BCUT2D eigenvalue weighted by molar-refractivity contribution is 5.41. The summed E-state index contributed by atoms with van der Waals surface area (Å²) >= 11 is 0. The molecule has 2 aromatic rings. The van der Waals surface area contributed by atoms with E-state index in [0.717, 1.165) is 50.7 Å². The van der Waals surface area contributed by atoms with Crippen molar-refractivity contribution in [1.29, 1.82) is 0 Å². The molecule has 2 N–H and O–H groups in total. The maximum absolute atomic E-state index is 11.3. The quantitative estimate of drug-likeness (QED) is 0.855. The summed E-state index contributed by atoms with van der Waals surface area (Å²) in [7, 11) is 0. The van der Waals surface area contributed by atoms with Crippen LogP contribution in [0, 0.1) is 0 Å². The van der Waals surface area contributed by atoms with Gasteiger partial charge in [-0.15, -0.1) is 0 Å². The fraction of sp³-hybridized carbons (Fsp3) is 0.500. The number of nitrogens with one attached hydrogen (secondary N) is 2. The van der Waals surface area contributed by atoms with Gasteiger partial charge in [0, 0.05) is 42.9 Å². The van der Waals surface area contributed by atoms with Gasteiger partial charge in [-0.2, -0.15) is 0 Å². The van der Waals surface area contributed by atoms with Gasteiger partial charge in [0.1, 0.15) is 18.0 Å². The van der Waals surface area contributed by atoms with Crippen molar-refractivity contribution >= 4 is 11.6 Å². The Kier molecular flexibility index (Phi) is 4.12. The Morgan fingerprint density at radius 3 is 2.79 bits per heavy atom. The number of morpholine rings is 1. The van der Waals surface area contributed by atoms with Gasteiger partial charge in [0.2, 0.25) is 0 Å². The minimum atomic E-state index is -0.144. The van der Waals surface area contributed by atoms with Gasteiger partial charge >= 0.3 is 0 Å². The van der Waals surface area contributed by atoms with E-state index in [1.807, 2.05) is 0 Å². The topological polar surface area (TPSA) is 96.0 Å². The molecule has 0 bridgehead atoms. The lowest BCUT2D eigenvalue weighted by atomic mass is 9.78. The Morgan fingerprint density at radius 1 is 1.17 bits per heavy atom. The third-order valence-electron chi connectivity index (χ3n) is 4.60. The van der Waals surface area contributed by atoms with Gasteiger partial charge in [-0.1, -0.05) is 0 Å². The van der Waals surface area contributed by atoms with Crippen molar-refractivity contribution in [1.82, 2.24) is 19.9 Å². The Bertz CT molecular complexity index is 752. The Balaban J connectivity index is 1.37. The van der Waals surface area contributed by atoms with Gasteiger partial charge in [0.05, 0.1) is 19.5 Å². The highest BCUT2D eigenvalue weighted by Gasteiger charge is 2.32. The molecule has 2 fully saturated rings. The third kappa shape index (κ3) is 3.23. The molecule has 0 atom stereocenters. The molecule has 8 heteroatoms. The fourth-order valence-corrected chi connectivity index (χ4v) is 3.18. The summed E-state index contributed by atoms with van der Waals surface area (Å²) in [6.45, 7) is 3.25. The van der Waals surface area contributed by atoms with E-state index >= 15 is 0 Å². The molecule has 0 spiro atoms. The SMILES string of the molecule is O=c1cc(NC2CC(c3cc(N4CCOCC4)ncn3)C2)nc[nH]1. The molecular formula is C16H20N6O2. The van der Waals surface area contributed by atoms with Crippen molar-refractivity contribution in [2.75, 3.05) is 36.5 Å². The first-order valence-corrected chi connectivity index (χ1v) is 8.24. The summed E-state index contributed by atoms with van der Waals surface area (Å²) in [6.07, 6.45) is 5.03. The van der Waals surface area contributed by atoms with Crippen LogP contribution in [0.2, 0.25) is 0 Å². The smallest absolute Gasteiger partial charge is 0.252 e. The lowest BCUT2D eigenvalue weighted by Crippen LogP contribution is -2.37. The third-order valence-corrected chi connectivity index (χ3v) is 4.60. The first kappa shape index (κ1) is 15.1. The predicted molar refractivity (Wildman–Crippen MR) is 89.3 cm³/mol. The average molecular weight is 328 g/mol. The Hall–Kier alpha value is -2.48. The highest BCUT2D eigenvalue weighted by atomic mass is 16.5. The molecule has 1 saturated carbocycles. The van der Waals surface area contributed by atoms with Crippen LogP contribution in [0.15, 0.2) is 29.6 Å². The maximum atomic E-state index is 11.3. The molecule has 0 amide bonds. The largest absolute Gasteiger partial charge is 0.378 e. The van der Waals surface area contributed by atoms with Crippen molar-refractivity contribution in [3.8, 4) is 0 Å². The number of hydrogen-bond acceptors (Lipinski definition) is 7. The summed E-state index contributed by atoms with van der Waals surface area (Å²) in [5, 5.41) is 3.30. The second-order valence-electron chi connectivity index (χ2n) is 6.21. The Morgan fingerprint density at radius 2 is 2.00 bits per heavy atom. The molecule has 0 aromatic carbocycles. The molecule has 8 nitrogen and oxygen atoms in total. The van der Waals surface area contributed by atoms with Crippen LogP contribution in [-0.2, 0) is 4.74 Å². The van der Waals surface area contributed by atoms with Crippen molar-refractivity contribution in [3.05, 3.63) is 40.8 Å². The van der Waals surface area contributed by atoms with Crippen molar-refractivity contribution in [2.45, 2.75) is 24.8 Å². The molecule has 3 heterocycles. The van der Waals surface area contributed by atoms with Crippen LogP contribution in [0.1, 0.15) is 24.5 Å². The summed E-state index contributed by atoms with van der Waals surface area (Å²) in [4.78, 5) is 29.0. The molecule has 24 heavy (non-hydrogen) atoms. The molecular weight excluding hydrogens is 308 g/mol. The highest BCUT2D eigenvalue weighted by Crippen LogP contribution is 2.37. The van der Waals surface area contributed by atoms with Crippen LogP contribution in [0.4, 0.5) is 11.6 Å². The number of hydrogen-bond donors (Lipinski definition) is 2. The van der Waals surface area contributed by atoms with Crippen molar-refractivity contribution < 1.29 is 4.74 Å². The van der Waals surface area contributed by atoms with Crippen LogP contribution in [0.5, 0.6) is 0 Å². The normalized spacial score (nSPS) is 23.6. The first-order chi connectivity index (χ1) is 11.8. The first-order valence-electron chi connectivity index (χ1n) is 8.24. The maximum Gasteiger partial charge on any atom is 0.252 e. The zero-order valence-electron chi connectivity index (χ0n) is 13.3. The monoisotopic (exact) mass is 328 g/mol. The van der Waals surface area contributed by atoms with Gasteiger partial charge in [-0.25, -0.2) is 15.0 Å². The number of H-pyrrole nitrogens is 1. The molecule has 4 rings (SSSR count). The summed E-state index contributed by atoms with van der Waals surface area (Å²) in [5.41, 5.74) is 0.942. The van der Waals surface area contributed by atoms with E-state index in [4.69, 9.17) is 4.74 Å². The van der Waals surface area contributed by atoms with Crippen LogP contribution in [0.25, 0.3) is 0 Å². The number of anilines is 2. The van der Waals surface area contributed by atoms with Gasteiger partial charge in [0.15, 0.2) is 0 Å². The zero-order valence-corrected chi connectivity index (χ0v) is 13.3. The molecule has 1 aliphatic carbocycles. The molecule has 2 aromatic heterocycles. The summed E-state index contributed by atoms with van der Waals surface area (Å²) in [6, 6.07) is 3.90. The Labute approximate surface area is 139 Å². The second kappa shape index (κ2) is 6.56. The van der Waals surface area contributed by atoms with Gasteiger partial charge in [-0.05, 0) is 12.8 Å². The average Bonchev–Trinajstić information content (AvgIpc) is 2.59. The van der Waals surface area contributed by atoms with Crippen LogP contribution < -0.4 is 15.8 Å². The number of rotatable bonds is 4. The molecule has 1 saturated heterocycles. The van der Waals surface area contributed by atoms with E-state index in [9.17, 15) is 4.79 Å². The van der Waals surface area contributed by atoms with Gasteiger partial charge in [-0.3, -0.25) is 4.79 Å². The van der Waals surface area contributed by atoms with Crippen molar-refractivity contribution in [2.24, 2.45) is 0 Å². The molecule has 2 aliphatic rings. The van der Waals surface area contributed by atoms with Gasteiger partial charge < -0.3 is 19.9 Å². The predicted octanol–water partition coefficient (Wildman–Crippen LogP) is 0.755. The van der Waals surface area contributed by atoms with E-state index in [1.165, 1.54) is 12.4 Å². The second-order valence-corrected chi connectivity index (χ2v) is 6.21. The van der Waals surface area contributed by atoms with Crippen molar-refractivity contribution in [3.63, 3.8) is 0 Å². The van der Waals surface area contributed by atoms with E-state index in [1.54, 1.807) is 6.33 Å². The van der Waals surface area contributed by atoms with Gasteiger partial charge in [0.25, 0.3) is 5.56 Å². The molecule has 126 valence electrons. The summed E-state index contributed by atoms with van der Waals surface area (Å²) in [5.74, 6) is 2.03. The lowest BCUT2D eigenvalue weighted by molar-refractivity contribution is 0.122. The number of aromatic amines is 1. The van der Waals surface area contributed by atoms with Crippen LogP contribution >= 0.6 is 0 Å². The van der Waals surface area contributed by atoms with E-state index in [0.29, 0.717) is 17.8 Å². The standard InChI is InChI=1S/C16H20N6O2/c23-16-8-14(18-10-20-16)21-12-5-11(6-12)13-7-15(19-9-17-13)22-1-3-24-4-2-22/h7-12H,1-6H2,(H2,18,20,21,23). The van der Waals surface area contributed by atoms with E-state index in [2.05, 4.69) is 36.2 Å². The van der Waals surface area contributed by atoms with Crippen LogP contribution in [0.3, 0.4) is 0 Å². The number of ether oxygens (including phenoxy) is 1. The molecule has 0 unspecified atom stereocenters. The molecule has 1 aliphatic heterocycles. The fourth-order valence-electron chi connectivity index (χ4n) is 3.18. The minimum Gasteiger partial charge on any atom is -0.378 e. The zero-order chi connectivity index (χ0) is 16.4. The van der Waals surface area contributed by atoms with E-state index in [-0.39, 0.29) is 5.56 Å². The number of aromatic nitrogens is 4.